The number of piperidine rings is 1. The third kappa shape index (κ3) is 5.00. The molecule has 220 valence electrons. The van der Waals surface area contributed by atoms with Crippen LogP contribution in [0.15, 0.2) is 66.1 Å². The van der Waals surface area contributed by atoms with Crippen LogP contribution in [0.3, 0.4) is 0 Å². The van der Waals surface area contributed by atoms with Crippen LogP contribution >= 0.6 is 10.7 Å². The van der Waals surface area contributed by atoms with Crippen molar-refractivity contribution in [3.63, 3.8) is 0 Å². The van der Waals surface area contributed by atoms with Gasteiger partial charge >= 0.3 is 6.18 Å². The molecule has 0 saturated carbocycles. The first-order valence-corrected chi connectivity index (χ1v) is 15.1. The number of fused-ring (bicyclic) bond motifs is 2. The number of alkyl halides is 3. The predicted molar refractivity (Wildman–Crippen MR) is 152 cm³/mol. The molecule has 42 heavy (non-hydrogen) atoms. The van der Waals surface area contributed by atoms with Gasteiger partial charge in [0.2, 0.25) is 0 Å². The lowest BCUT2D eigenvalue weighted by Gasteiger charge is -2.50. The van der Waals surface area contributed by atoms with Crippen molar-refractivity contribution in [2.45, 2.75) is 50.7 Å². The topological polar surface area (TPSA) is 68.8 Å². The van der Waals surface area contributed by atoms with Gasteiger partial charge in [-0.2, -0.15) is 23.4 Å². The molecule has 1 aromatic carbocycles. The van der Waals surface area contributed by atoms with E-state index in [1.54, 1.807) is 23.0 Å². The molecule has 0 radical (unpaired) electrons. The van der Waals surface area contributed by atoms with Gasteiger partial charge in [-0.15, -0.1) is 0 Å². The Hall–Kier alpha value is -3.64. The van der Waals surface area contributed by atoms with Gasteiger partial charge in [0, 0.05) is 37.7 Å². The Morgan fingerprint density at radius 1 is 1.17 bits per heavy atom. The van der Waals surface area contributed by atoms with Crippen LogP contribution in [-0.2, 0) is 25.6 Å². The molecular formula is C30H30F4N6OS. The minimum atomic E-state index is -4.59. The fourth-order valence-corrected chi connectivity index (χ4v) is 8.22. The summed E-state index contributed by atoms with van der Waals surface area (Å²) in [6.45, 7) is 5.79. The normalized spacial score (nSPS) is 21.6. The van der Waals surface area contributed by atoms with Crippen LogP contribution in [0.1, 0.15) is 47.6 Å². The molecule has 0 spiro atoms. The first-order chi connectivity index (χ1) is 20.1. The lowest BCUT2D eigenvalue weighted by atomic mass is 9.60. The van der Waals surface area contributed by atoms with E-state index < -0.39 is 27.8 Å². The fraction of sp³-hybridized carbons (Fsp3) is 0.367. The Labute approximate surface area is 243 Å². The summed E-state index contributed by atoms with van der Waals surface area (Å²) in [6, 6.07) is 7.83. The molecule has 4 aromatic rings. The van der Waals surface area contributed by atoms with Gasteiger partial charge in [0.25, 0.3) is 0 Å². The highest BCUT2D eigenvalue weighted by Crippen LogP contribution is 2.50. The van der Waals surface area contributed by atoms with Crippen LogP contribution in [0.25, 0.3) is 5.69 Å². The van der Waals surface area contributed by atoms with Crippen molar-refractivity contribution in [3.8, 4) is 5.69 Å². The van der Waals surface area contributed by atoms with E-state index in [4.69, 9.17) is 0 Å². The first-order valence-electron chi connectivity index (χ1n) is 13.8. The molecule has 1 saturated heterocycles. The number of ketones is 1. The van der Waals surface area contributed by atoms with Crippen molar-refractivity contribution in [2.24, 2.45) is 11.3 Å². The lowest BCUT2D eigenvalue weighted by Crippen LogP contribution is -2.55. The summed E-state index contributed by atoms with van der Waals surface area (Å²) in [6.07, 6.45) is 3.53. The van der Waals surface area contributed by atoms with E-state index in [0.717, 1.165) is 41.0 Å². The molecule has 12 heteroatoms. The highest BCUT2D eigenvalue weighted by atomic mass is 32.2. The third-order valence-electron chi connectivity index (χ3n) is 8.39. The highest BCUT2D eigenvalue weighted by Gasteiger charge is 2.53. The summed E-state index contributed by atoms with van der Waals surface area (Å²) in [5, 5.41) is 11.1. The minimum Gasteiger partial charge on any atom is -0.292 e. The Morgan fingerprint density at radius 3 is 2.64 bits per heavy atom. The lowest BCUT2D eigenvalue weighted by molar-refractivity contribution is -0.137. The number of hydrogen-bond acceptors (Lipinski definition) is 5. The van der Waals surface area contributed by atoms with Crippen molar-refractivity contribution >= 4 is 21.8 Å². The quantitative estimate of drug-likeness (QED) is 0.155. The molecule has 6 rings (SSSR count). The van der Waals surface area contributed by atoms with Crippen molar-refractivity contribution in [2.75, 3.05) is 13.1 Å². The van der Waals surface area contributed by atoms with Gasteiger partial charge in [-0.05, 0) is 86.4 Å². The molecule has 1 fully saturated rings. The van der Waals surface area contributed by atoms with Crippen LogP contribution in [0, 0.1) is 17.2 Å². The molecule has 2 aliphatic rings. The SMILES string of the molecule is C/C=S(\c1cnn(CC)c1)N1CC[C@H]2Cc3c(cnn3-c3ccc(F)cc3)C[C@]2(C(=O)c2cc(C(F)(F)F)ccn2)C1. The number of aromatic nitrogens is 5. The predicted octanol–water partition coefficient (Wildman–Crippen LogP) is 6.00. The summed E-state index contributed by atoms with van der Waals surface area (Å²) in [4.78, 5) is 19.6. The average molecular weight is 599 g/mol. The highest BCUT2D eigenvalue weighted by molar-refractivity contribution is 8.13. The van der Waals surface area contributed by atoms with Crippen molar-refractivity contribution in [3.05, 3.63) is 89.5 Å². The number of pyridine rings is 1. The second kappa shape index (κ2) is 10.9. The molecule has 3 atom stereocenters. The maximum Gasteiger partial charge on any atom is 0.416 e. The van der Waals surface area contributed by atoms with E-state index in [9.17, 15) is 22.4 Å². The molecule has 1 aliphatic heterocycles. The number of halogens is 4. The van der Waals surface area contributed by atoms with E-state index in [2.05, 4.69) is 24.9 Å². The Balaban J connectivity index is 1.43. The molecule has 4 heterocycles. The van der Waals surface area contributed by atoms with E-state index in [1.807, 2.05) is 30.9 Å². The van der Waals surface area contributed by atoms with Crippen LogP contribution < -0.4 is 0 Å². The van der Waals surface area contributed by atoms with Crippen molar-refractivity contribution < 1.29 is 22.4 Å². The fourth-order valence-electron chi connectivity index (χ4n) is 6.30. The standard InChI is InChI=1S/C30H30F4N6OS/c1-3-38-18-25(17-36-38)42(4-2)39-12-10-21-14-27-20(16-37-40(27)24-7-5-23(31)6-8-24)15-29(21,19-39)28(41)26-13-22(9-11-35-26)30(32,33)34/h4-9,11,13,16-18,21H,3,10,12,14-15,19H2,1-2H3/t21-,29-,42?/m0/s1. The zero-order valence-electron chi connectivity index (χ0n) is 23.2. The van der Waals surface area contributed by atoms with Crippen LogP contribution in [-0.4, -0.2) is 53.1 Å². The van der Waals surface area contributed by atoms with Gasteiger partial charge in [-0.3, -0.25) is 18.8 Å². The van der Waals surface area contributed by atoms with E-state index in [0.29, 0.717) is 38.0 Å². The monoisotopic (exact) mass is 598 g/mol. The second-order valence-electron chi connectivity index (χ2n) is 10.7. The van der Waals surface area contributed by atoms with E-state index >= 15 is 0 Å². The van der Waals surface area contributed by atoms with Gasteiger partial charge in [0.05, 0.1) is 34.0 Å². The first kappa shape index (κ1) is 28.5. The van der Waals surface area contributed by atoms with Crippen LogP contribution in [0.4, 0.5) is 17.6 Å². The molecule has 7 nitrogen and oxygen atoms in total. The van der Waals surface area contributed by atoms with Crippen LogP contribution in [0.2, 0.25) is 0 Å². The summed E-state index contributed by atoms with van der Waals surface area (Å²) >= 11 is 0. The third-order valence-corrected chi connectivity index (χ3v) is 10.4. The molecule has 0 N–H and O–H groups in total. The van der Waals surface area contributed by atoms with Crippen LogP contribution in [0.5, 0.6) is 0 Å². The van der Waals surface area contributed by atoms with Gasteiger partial charge < -0.3 is 0 Å². The second-order valence-corrected chi connectivity index (χ2v) is 12.8. The van der Waals surface area contributed by atoms with Gasteiger partial charge in [0.1, 0.15) is 11.5 Å². The maximum absolute atomic E-state index is 14.5. The van der Waals surface area contributed by atoms with Gasteiger partial charge in [0.15, 0.2) is 5.78 Å². The maximum atomic E-state index is 14.5. The number of benzene rings is 1. The average Bonchev–Trinajstić information content (AvgIpc) is 3.63. The number of nitrogens with zero attached hydrogens (tertiary/aromatic N) is 6. The van der Waals surface area contributed by atoms with E-state index in [1.165, 1.54) is 12.1 Å². The molecule has 1 unspecified atom stereocenters. The Morgan fingerprint density at radius 2 is 1.95 bits per heavy atom. The van der Waals surface area contributed by atoms with Gasteiger partial charge in [-0.1, -0.05) is 10.7 Å². The molecule has 1 aliphatic carbocycles. The number of aryl methyl sites for hydroxylation is 1. The number of Topliss-reactive ketones (excluding diaryl/α,β-unsaturated/α-hetero) is 1. The summed E-state index contributed by atoms with van der Waals surface area (Å²) in [7, 11) is -0.463. The number of rotatable bonds is 6. The number of carbonyl (C=O) groups excluding carboxylic acids is 1. The number of carbonyl (C=O) groups is 1. The van der Waals surface area contributed by atoms with Crippen molar-refractivity contribution in [1.82, 2.24) is 28.9 Å². The van der Waals surface area contributed by atoms with E-state index in [-0.39, 0.29) is 23.2 Å². The molecule has 0 amide bonds. The Kier molecular flexibility index (Phi) is 7.38. The Bertz CT molecular complexity index is 1660. The molecule has 0 bridgehead atoms. The largest absolute Gasteiger partial charge is 0.416 e. The zero-order chi connectivity index (χ0) is 29.6. The van der Waals surface area contributed by atoms with Gasteiger partial charge in [-0.25, -0.2) is 9.07 Å². The summed E-state index contributed by atoms with van der Waals surface area (Å²) < 4.78 is 60.4. The number of hydrogen-bond donors (Lipinski definition) is 0. The smallest absolute Gasteiger partial charge is 0.292 e. The summed E-state index contributed by atoms with van der Waals surface area (Å²) in [5.74, 6) is -0.882. The minimum absolute atomic E-state index is 0.151. The van der Waals surface area contributed by atoms with Crippen molar-refractivity contribution in [1.29, 1.82) is 0 Å². The zero-order valence-corrected chi connectivity index (χ0v) is 24.0. The molecule has 3 aromatic heterocycles. The summed E-state index contributed by atoms with van der Waals surface area (Å²) in [5.41, 5.74) is 0.431. The molecular weight excluding hydrogens is 568 g/mol.